The summed E-state index contributed by atoms with van der Waals surface area (Å²) in [6.45, 7) is 10.1. The Morgan fingerprint density at radius 1 is 0.907 bits per heavy atom. The number of anilines is 4. The van der Waals surface area contributed by atoms with Crippen LogP contribution in [0, 0.1) is 0 Å². The molecule has 2 N–H and O–H groups in total. The summed E-state index contributed by atoms with van der Waals surface area (Å²) in [5, 5.41) is 11.9. The molecule has 0 spiro atoms. The minimum atomic E-state index is -2.64. The minimum absolute atomic E-state index is 0.131. The van der Waals surface area contributed by atoms with E-state index < -0.39 is 7.14 Å². The minimum Gasteiger partial charge on any atom is -0.495 e. The van der Waals surface area contributed by atoms with E-state index in [4.69, 9.17) is 9.72 Å². The van der Waals surface area contributed by atoms with Gasteiger partial charge in [0.25, 0.3) is 0 Å². The van der Waals surface area contributed by atoms with Crippen molar-refractivity contribution < 1.29 is 9.30 Å². The molecule has 43 heavy (non-hydrogen) atoms. The molecule has 0 saturated heterocycles. The fourth-order valence-corrected chi connectivity index (χ4v) is 6.37. The number of aryl methyl sites for hydroxylation is 1. The molecule has 0 aliphatic rings. The van der Waals surface area contributed by atoms with E-state index in [1.54, 1.807) is 31.3 Å². The van der Waals surface area contributed by atoms with E-state index in [-0.39, 0.29) is 5.41 Å². The van der Waals surface area contributed by atoms with Crippen LogP contribution in [0.15, 0.2) is 83.7 Å². The van der Waals surface area contributed by atoms with Gasteiger partial charge in [0.15, 0.2) is 0 Å². The monoisotopic (exact) mass is 658 g/mol. The lowest BCUT2D eigenvalue weighted by atomic mass is 9.82. The van der Waals surface area contributed by atoms with Gasteiger partial charge in [-0.3, -0.25) is 4.68 Å². The van der Waals surface area contributed by atoms with Gasteiger partial charge in [-0.2, -0.15) is 10.1 Å². The number of halogens is 1. The highest BCUT2D eigenvalue weighted by atomic mass is 79.9. The normalized spacial score (nSPS) is 11.8. The lowest BCUT2D eigenvalue weighted by Gasteiger charge is -2.25. The van der Waals surface area contributed by atoms with Crippen LogP contribution in [-0.4, -0.2) is 40.2 Å². The van der Waals surface area contributed by atoms with Gasteiger partial charge in [-0.05, 0) is 81.2 Å². The number of hydrogen-bond donors (Lipinski definition) is 2. The number of rotatable bonds is 8. The lowest BCUT2D eigenvalue weighted by molar-refractivity contribution is 0.415. The standard InChI is InChI=1S/C33H36BrN6O2P/c1-33(2,3)25-17-29(42-5)28(16-24(25)23-18-36-40(4)20-23)38-32-35-19-26(34)31(39-32)37-27-14-13-22(15-30(27)43(6,7)41)21-11-9-8-10-12-21/h8-20H,1-7H3,(H2,35,37,38,39). The molecule has 5 aromatic rings. The molecule has 8 nitrogen and oxygen atoms in total. The first-order chi connectivity index (χ1) is 20.3. The maximum Gasteiger partial charge on any atom is 0.229 e. The number of ether oxygens (including phenoxy) is 1. The van der Waals surface area contributed by atoms with Gasteiger partial charge in [0.05, 0.1) is 29.2 Å². The molecule has 0 unspecified atom stereocenters. The van der Waals surface area contributed by atoms with Gasteiger partial charge in [-0.25, -0.2) is 4.98 Å². The van der Waals surface area contributed by atoms with Gasteiger partial charge in [0.1, 0.15) is 18.7 Å². The van der Waals surface area contributed by atoms with E-state index in [1.165, 1.54) is 0 Å². The molecule has 2 aromatic heterocycles. The van der Waals surface area contributed by atoms with Crippen molar-refractivity contribution in [1.82, 2.24) is 19.7 Å². The summed E-state index contributed by atoms with van der Waals surface area (Å²) in [4.78, 5) is 9.30. The first-order valence-electron chi connectivity index (χ1n) is 13.9. The molecule has 0 radical (unpaired) electrons. The maximum atomic E-state index is 13.4. The summed E-state index contributed by atoms with van der Waals surface area (Å²) >= 11 is 3.59. The van der Waals surface area contributed by atoms with Gasteiger partial charge in [0.2, 0.25) is 5.95 Å². The highest BCUT2D eigenvalue weighted by Crippen LogP contribution is 2.42. The van der Waals surface area contributed by atoms with Crippen LogP contribution in [-0.2, 0) is 17.0 Å². The van der Waals surface area contributed by atoms with Crippen molar-refractivity contribution in [3.05, 3.63) is 89.3 Å². The number of hydrogen-bond acceptors (Lipinski definition) is 7. The Bertz CT molecular complexity index is 1830. The van der Waals surface area contributed by atoms with Crippen molar-refractivity contribution in [2.75, 3.05) is 31.1 Å². The number of benzene rings is 3. The number of methoxy groups -OCH3 is 1. The van der Waals surface area contributed by atoms with Gasteiger partial charge < -0.3 is 19.9 Å². The zero-order valence-electron chi connectivity index (χ0n) is 25.4. The van der Waals surface area contributed by atoms with Gasteiger partial charge in [-0.1, -0.05) is 57.2 Å². The van der Waals surface area contributed by atoms with Gasteiger partial charge >= 0.3 is 0 Å². The first kappa shape index (κ1) is 30.5. The van der Waals surface area contributed by atoms with E-state index in [0.29, 0.717) is 22.0 Å². The summed E-state index contributed by atoms with van der Waals surface area (Å²) in [6.07, 6.45) is 5.55. The van der Waals surface area contributed by atoms with Crippen molar-refractivity contribution >= 4 is 51.5 Å². The zero-order valence-corrected chi connectivity index (χ0v) is 27.9. The van der Waals surface area contributed by atoms with E-state index in [9.17, 15) is 4.57 Å². The van der Waals surface area contributed by atoms with E-state index in [1.807, 2.05) is 68.0 Å². The third kappa shape index (κ3) is 6.84. The average molecular weight is 660 g/mol. The highest BCUT2D eigenvalue weighted by molar-refractivity contribution is 9.10. The molecule has 0 aliphatic heterocycles. The Balaban J connectivity index is 1.52. The largest absolute Gasteiger partial charge is 0.495 e. The van der Waals surface area contributed by atoms with E-state index in [0.717, 1.165) is 44.5 Å². The molecule has 5 rings (SSSR count). The summed E-state index contributed by atoms with van der Waals surface area (Å²) in [7, 11) is 0.915. The molecule has 0 fully saturated rings. The quantitative estimate of drug-likeness (QED) is 0.162. The Labute approximate surface area is 261 Å². The molecular weight excluding hydrogens is 623 g/mol. The Hall–Kier alpha value is -3.94. The molecule has 0 bridgehead atoms. The van der Waals surface area contributed by atoms with Crippen LogP contribution in [0.3, 0.4) is 0 Å². The number of aromatic nitrogens is 4. The summed E-state index contributed by atoms with van der Waals surface area (Å²) < 4.78 is 21.7. The SMILES string of the molecule is COc1cc(C(C)(C)C)c(-c2cnn(C)c2)cc1Nc1ncc(Br)c(Nc2ccc(-c3ccccc3)cc2P(C)(C)=O)n1. The van der Waals surface area contributed by atoms with Crippen molar-refractivity contribution in [2.24, 2.45) is 7.05 Å². The summed E-state index contributed by atoms with van der Waals surface area (Å²) in [5.74, 6) is 1.59. The molecule has 222 valence electrons. The van der Waals surface area contributed by atoms with Crippen LogP contribution in [0.5, 0.6) is 5.75 Å². The van der Waals surface area contributed by atoms with Crippen molar-refractivity contribution in [3.8, 4) is 28.0 Å². The summed E-state index contributed by atoms with van der Waals surface area (Å²) in [6, 6.07) is 20.1. The maximum absolute atomic E-state index is 13.4. The molecule has 10 heteroatoms. The zero-order chi connectivity index (χ0) is 30.9. The van der Waals surface area contributed by atoms with Crippen LogP contribution >= 0.6 is 23.1 Å². The van der Waals surface area contributed by atoms with E-state index >= 15 is 0 Å². The van der Waals surface area contributed by atoms with Gasteiger partial charge in [0, 0.05) is 30.3 Å². The van der Waals surface area contributed by atoms with Crippen LogP contribution in [0.2, 0.25) is 0 Å². The van der Waals surface area contributed by atoms with Crippen molar-refractivity contribution in [3.63, 3.8) is 0 Å². The predicted molar refractivity (Wildman–Crippen MR) is 181 cm³/mol. The molecule has 3 aromatic carbocycles. The van der Waals surface area contributed by atoms with Crippen molar-refractivity contribution in [2.45, 2.75) is 26.2 Å². The highest BCUT2D eigenvalue weighted by Gasteiger charge is 2.24. The fraction of sp³-hybridized carbons (Fsp3) is 0.242. The lowest BCUT2D eigenvalue weighted by Crippen LogP contribution is -2.14. The first-order valence-corrected chi connectivity index (χ1v) is 17.3. The molecule has 0 aliphatic carbocycles. The third-order valence-electron chi connectivity index (χ3n) is 7.09. The van der Waals surface area contributed by atoms with Crippen LogP contribution in [0.4, 0.5) is 23.1 Å². The fourth-order valence-electron chi connectivity index (χ4n) is 4.92. The second-order valence-electron chi connectivity index (χ2n) is 11.8. The average Bonchev–Trinajstić information content (AvgIpc) is 3.40. The molecular formula is C33H36BrN6O2P. The topological polar surface area (TPSA) is 94.0 Å². The molecule has 0 amide bonds. The van der Waals surface area contributed by atoms with Gasteiger partial charge in [-0.15, -0.1) is 0 Å². The number of nitrogens with one attached hydrogen (secondary N) is 2. The van der Waals surface area contributed by atoms with Crippen LogP contribution < -0.4 is 20.7 Å². The second-order valence-corrected chi connectivity index (χ2v) is 15.9. The van der Waals surface area contributed by atoms with Crippen molar-refractivity contribution in [1.29, 1.82) is 0 Å². The van der Waals surface area contributed by atoms with E-state index in [2.05, 4.69) is 69.6 Å². The Morgan fingerprint density at radius 2 is 1.65 bits per heavy atom. The molecule has 0 atom stereocenters. The number of nitrogens with zero attached hydrogens (tertiary/aromatic N) is 4. The second kappa shape index (κ2) is 12.0. The third-order valence-corrected chi connectivity index (χ3v) is 9.20. The molecule has 0 saturated carbocycles. The Morgan fingerprint density at radius 3 is 2.28 bits per heavy atom. The smallest absolute Gasteiger partial charge is 0.229 e. The predicted octanol–water partition coefficient (Wildman–Crippen LogP) is 8.35. The van der Waals surface area contributed by atoms with Crippen LogP contribution in [0.25, 0.3) is 22.3 Å². The Kier molecular flexibility index (Phi) is 8.50. The van der Waals surface area contributed by atoms with Crippen LogP contribution in [0.1, 0.15) is 26.3 Å². The molecule has 2 heterocycles. The summed E-state index contributed by atoms with van der Waals surface area (Å²) in [5.41, 5.74) is 6.58.